The second-order valence-electron chi connectivity index (χ2n) is 6.17. The number of aromatic nitrogens is 1. The van der Waals surface area contributed by atoms with Gasteiger partial charge in [-0.05, 0) is 44.6 Å². The van der Waals surface area contributed by atoms with Gasteiger partial charge in [-0.15, -0.1) is 11.3 Å². The van der Waals surface area contributed by atoms with Crippen molar-refractivity contribution in [3.8, 4) is 0 Å². The molecule has 1 saturated heterocycles. The first-order valence-corrected chi connectivity index (χ1v) is 8.86. The quantitative estimate of drug-likeness (QED) is 0.890. The molecular weight excluding hydrogens is 266 g/mol. The Balaban J connectivity index is 2.18. The standard InChI is InChI=1S/C16H29N3S/c1-5-13(3)15-14(11-17-4)20-16(18-15)19-9-6-7-12(2)8-10-19/h12-13,17H,5-11H2,1-4H3. The van der Waals surface area contributed by atoms with E-state index in [4.69, 9.17) is 4.98 Å². The third kappa shape index (κ3) is 3.73. The van der Waals surface area contributed by atoms with Crippen molar-refractivity contribution in [3.05, 3.63) is 10.6 Å². The largest absolute Gasteiger partial charge is 0.348 e. The van der Waals surface area contributed by atoms with Crippen molar-refractivity contribution in [2.75, 3.05) is 25.0 Å². The average molecular weight is 295 g/mol. The monoisotopic (exact) mass is 295 g/mol. The SMILES string of the molecule is CCC(C)c1nc(N2CCCC(C)CC2)sc1CNC. The number of nitrogens with zero attached hydrogens (tertiary/aromatic N) is 2. The molecule has 4 heteroatoms. The fourth-order valence-electron chi connectivity index (χ4n) is 2.81. The van der Waals surface area contributed by atoms with E-state index in [0.29, 0.717) is 5.92 Å². The lowest BCUT2D eigenvalue weighted by Gasteiger charge is -2.19. The molecule has 2 atom stereocenters. The molecule has 2 heterocycles. The predicted octanol–water partition coefficient (Wildman–Crippen LogP) is 4.00. The lowest BCUT2D eigenvalue weighted by molar-refractivity contribution is 0.521. The summed E-state index contributed by atoms with van der Waals surface area (Å²) in [5.41, 5.74) is 1.32. The van der Waals surface area contributed by atoms with Gasteiger partial charge < -0.3 is 10.2 Å². The molecule has 0 amide bonds. The second-order valence-corrected chi connectivity index (χ2v) is 7.23. The van der Waals surface area contributed by atoms with E-state index in [1.807, 2.05) is 18.4 Å². The maximum Gasteiger partial charge on any atom is 0.185 e. The van der Waals surface area contributed by atoms with Gasteiger partial charge in [0.05, 0.1) is 5.69 Å². The van der Waals surface area contributed by atoms with Gasteiger partial charge in [0.2, 0.25) is 0 Å². The number of hydrogen-bond donors (Lipinski definition) is 1. The Bertz CT molecular complexity index is 416. The first kappa shape index (κ1) is 15.8. The summed E-state index contributed by atoms with van der Waals surface area (Å²) in [6, 6.07) is 0. The smallest absolute Gasteiger partial charge is 0.185 e. The van der Waals surface area contributed by atoms with E-state index in [0.717, 1.165) is 18.9 Å². The molecule has 0 bridgehead atoms. The van der Waals surface area contributed by atoms with Crippen molar-refractivity contribution < 1.29 is 0 Å². The van der Waals surface area contributed by atoms with E-state index in [2.05, 4.69) is 31.0 Å². The third-order valence-electron chi connectivity index (χ3n) is 4.42. The summed E-state index contributed by atoms with van der Waals surface area (Å²) >= 11 is 1.90. The summed E-state index contributed by atoms with van der Waals surface area (Å²) in [6.07, 6.45) is 5.14. The van der Waals surface area contributed by atoms with Gasteiger partial charge in [0, 0.05) is 24.5 Å². The van der Waals surface area contributed by atoms with Crippen LogP contribution in [0.15, 0.2) is 0 Å². The van der Waals surface area contributed by atoms with Crippen LogP contribution >= 0.6 is 11.3 Å². The number of nitrogens with one attached hydrogen (secondary N) is 1. The van der Waals surface area contributed by atoms with Crippen LogP contribution in [0, 0.1) is 5.92 Å². The highest BCUT2D eigenvalue weighted by atomic mass is 32.1. The summed E-state index contributed by atoms with van der Waals surface area (Å²) in [4.78, 5) is 8.93. The molecule has 114 valence electrons. The molecule has 1 aliphatic rings. The highest BCUT2D eigenvalue weighted by Crippen LogP contribution is 2.33. The topological polar surface area (TPSA) is 28.2 Å². The number of hydrogen-bond acceptors (Lipinski definition) is 4. The van der Waals surface area contributed by atoms with E-state index in [9.17, 15) is 0 Å². The highest BCUT2D eigenvalue weighted by Gasteiger charge is 2.21. The molecule has 0 aromatic carbocycles. The van der Waals surface area contributed by atoms with Crippen LogP contribution in [-0.4, -0.2) is 25.1 Å². The molecule has 2 rings (SSSR count). The van der Waals surface area contributed by atoms with Crippen LogP contribution in [0.4, 0.5) is 5.13 Å². The minimum atomic E-state index is 0.564. The molecule has 0 spiro atoms. The van der Waals surface area contributed by atoms with Crippen molar-refractivity contribution in [1.82, 2.24) is 10.3 Å². The number of thiazole rings is 1. The van der Waals surface area contributed by atoms with Gasteiger partial charge in [-0.1, -0.05) is 20.8 Å². The van der Waals surface area contributed by atoms with Crippen molar-refractivity contribution in [2.45, 2.75) is 58.9 Å². The third-order valence-corrected chi connectivity index (χ3v) is 5.55. The zero-order valence-corrected chi connectivity index (χ0v) is 14.2. The molecule has 0 radical (unpaired) electrons. The lowest BCUT2D eigenvalue weighted by atomic mass is 10.0. The molecule has 1 N–H and O–H groups in total. The molecule has 1 aliphatic heterocycles. The zero-order chi connectivity index (χ0) is 14.5. The van der Waals surface area contributed by atoms with Crippen LogP contribution in [0.5, 0.6) is 0 Å². The van der Waals surface area contributed by atoms with Crippen molar-refractivity contribution in [2.24, 2.45) is 5.92 Å². The highest BCUT2D eigenvalue weighted by molar-refractivity contribution is 7.15. The fourth-order valence-corrected chi connectivity index (χ4v) is 4.05. The second kappa shape index (κ2) is 7.41. The maximum atomic E-state index is 4.99. The summed E-state index contributed by atoms with van der Waals surface area (Å²) in [6.45, 7) is 10.2. The van der Waals surface area contributed by atoms with Crippen LogP contribution in [0.3, 0.4) is 0 Å². The summed E-state index contributed by atoms with van der Waals surface area (Å²) in [5, 5.41) is 4.54. The van der Waals surface area contributed by atoms with E-state index in [-0.39, 0.29) is 0 Å². The van der Waals surface area contributed by atoms with Crippen molar-refractivity contribution in [3.63, 3.8) is 0 Å². The number of rotatable bonds is 5. The minimum absolute atomic E-state index is 0.564. The van der Waals surface area contributed by atoms with Gasteiger partial charge >= 0.3 is 0 Å². The predicted molar refractivity (Wildman–Crippen MR) is 88.8 cm³/mol. The van der Waals surface area contributed by atoms with Crippen LogP contribution in [0.2, 0.25) is 0 Å². The Kier molecular flexibility index (Phi) is 5.85. The molecule has 1 aromatic heterocycles. The summed E-state index contributed by atoms with van der Waals surface area (Å²) in [5.74, 6) is 1.43. The molecule has 0 saturated carbocycles. The van der Waals surface area contributed by atoms with Gasteiger partial charge in [-0.2, -0.15) is 0 Å². The van der Waals surface area contributed by atoms with Crippen LogP contribution in [0.1, 0.15) is 62.9 Å². The molecule has 1 fully saturated rings. The Labute approximate surface area is 127 Å². The molecule has 3 nitrogen and oxygen atoms in total. The van der Waals surface area contributed by atoms with Crippen LogP contribution < -0.4 is 10.2 Å². The molecule has 20 heavy (non-hydrogen) atoms. The Hall–Kier alpha value is -0.610. The minimum Gasteiger partial charge on any atom is -0.348 e. The van der Waals surface area contributed by atoms with E-state index in [1.54, 1.807) is 0 Å². The number of anilines is 1. The molecule has 1 aromatic rings. The lowest BCUT2D eigenvalue weighted by Crippen LogP contribution is -2.24. The van der Waals surface area contributed by atoms with Gasteiger partial charge in [0.15, 0.2) is 5.13 Å². The zero-order valence-electron chi connectivity index (χ0n) is 13.4. The average Bonchev–Trinajstić information content (AvgIpc) is 2.73. The van der Waals surface area contributed by atoms with Crippen LogP contribution in [0.25, 0.3) is 0 Å². The maximum absolute atomic E-state index is 4.99. The Morgan fingerprint density at radius 3 is 2.90 bits per heavy atom. The molecular formula is C16H29N3S. The van der Waals surface area contributed by atoms with E-state index in [1.165, 1.54) is 48.1 Å². The van der Waals surface area contributed by atoms with Gasteiger partial charge in [0.1, 0.15) is 0 Å². The van der Waals surface area contributed by atoms with Crippen molar-refractivity contribution >= 4 is 16.5 Å². The summed E-state index contributed by atoms with van der Waals surface area (Å²) < 4.78 is 0. The van der Waals surface area contributed by atoms with Crippen molar-refractivity contribution in [1.29, 1.82) is 0 Å². The first-order chi connectivity index (χ1) is 9.65. The van der Waals surface area contributed by atoms with Gasteiger partial charge in [0.25, 0.3) is 0 Å². The van der Waals surface area contributed by atoms with Gasteiger partial charge in [-0.3, -0.25) is 0 Å². The Morgan fingerprint density at radius 2 is 2.20 bits per heavy atom. The van der Waals surface area contributed by atoms with E-state index < -0.39 is 0 Å². The molecule has 2 unspecified atom stereocenters. The van der Waals surface area contributed by atoms with E-state index >= 15 is 0 Å². The Morgan fingerprint density at radius 1 is 1.40 bits per heavy atom. The fraction of sp³-hybridized carbons (Fsp3) is 0.812. The first-order valence-electron chi connectivity index (χ1n) is 8.04. The molecule has 0 aliphatic carbocycles. The normalized spacial score (nSPS) is 21.8. The van der Waals surface area contributed by atoms with Gasteiger partial charge in [-0.25, -0.2) is 4.98 Å². The summed E-state index contributed by atoms with van der Waals surface area (Å²) in [7, 11) is 2.02. The van der Waals surface area contributed by atoms with Crippen LogP contribution in [-0.2, 0) is 6.54 Å².